The maximum atomic E-state index is 10.3. The van der Waals surface area contributed by atoms with E-state index in [1.54, 1.807) is 0 Å². The molecule has 0 radical (unpaired) electrons. The summed E-state index contributed by atoms with van der Waals surface area (Å²) in [5, 5.41) is 10.3. The smallest absolute Gasteiger partial charge is 0.0570 e. The zero-order chi connectivity index (χ0) is 13.4. The molecule has 1 aliphatic carbocycles. The largest absolute Gasteiger partial charge is 0.393 e. The summed E-state index contributed by atoms with van der Waals surface area (Å²) in [7, 11) is 0. The van der Waals surface area contributed by atoms with Gasteiger partial charge in [-0.15, -0.1) is 0 Å². The fourth-order valence-corrected chi connectivity index (χ4v) is 3.57. The van der Waals surface area contributed by atoms with Crippen molar-refractivity contribution in [1.29, 1.82) is 0 Å². The van der Waals surface area contributed by atoms with Gasteiger partial charge in [-0.1, -0.05) is 65.7 Å². The van der Waals surface area contributed by atoms with Crippen LogP contribution in [-0.4, -0.2) is 11.2 Å². The molecule has 0 aromatic carbocycles. The molecule has 2 atom stereocenters. The molecule has 1 rings (SSSR count). The average Bonchev–Trinajstić information content (AvgIpc) is 2.37. The summed E-state index contributed by atoms with van der Waals surface area (Å²) < 4.78 is 0. The number of aliphatic hydroxyl groups excluding tert-OH is 1. The van der Waals surface area contributed by atoms with Crippen molar-refractivity contribution in [1.82, 2.24) is 0 Å². The lowest BCUT2D eigenvalue weighted by Crippen LogP contribution is -2.27. The van der Waals surface area contributed by atoms with Crippen molar-refractivity contribution in [2.24, 2.45) is 17.8 Å². The highest BCUT2D eigenvalue weighted by molar-refractivity contribution is 4.78. The van der Waals surface area contributed by atoms with Gasteiger partial charge in [0.2, 0.25) is 0 Å². The van der Waals surface area contributed by atoms with Crippen LogP contribution in [0.15, 0.2) is 0 Å². The van der Waals surface area contributed by atoms with E-state index in [4.69, 9.17) is 0 Å². The van der Waals surface area contributed by atoms with Gasteiger partial charge in [-0.2, -0.15) is 0 Å². The van der Waals surface area contributed by atoms with E-state index in [0.717, 1.165) is 12.3 Å². The van der Waals surface area contributed by atoms with Gasteiger partial charge in [-0.25, -0.2) is 0 Å². The molecule has 18 heavy (non-hydrogen) atoms. The van der Waals surface area contributed by atoms with Crippen LogP contribution in [0.25, 0.3) is 0 Å². The maximum Gasteiger partial charge on any atom is 0.0570 e. The number of rotatable bonds is 8. The van der Waals surface area contributed by atoms with Crippen LogP contribution in [0, 0.1) is 17.8 Å². The van der Waals surface area contributed by atoms with Crippen LogP contribution in [-0.2, 0) is 0 Å². The van der Waals surface area contributed by atoms with Crippen LogP contribution < -0.4 is 0 Å². The van der Waals surface area contributed by atoms with Crippen molar-refractivity contribution >= 4 is 0 Å². The summed E-state index contributed by atoms with van der Waals surface area (Å²) in [4.78, 5) is 0. The molecule has 1 aliphatic rings. The Morgan fingerprint density at radius 1 is 1.06 bits per heavy atom. The van der Waals surface area contributed by atoms with Gasteiger partial charge in [0.05, 0.1) is 6.10 Å². The molecule has 0 aliphatic heterocycles. The van der Waals surface area contributed by atoms with E-state index < -0.39 is 0 Å². The van der Waals surface area contributed by atoms with E-state index in [9.17, 15) is 5.11 Å². The van der Waals surface area contributed by atoms with Crippen LogP contribution in [0.3, 0.4) is 0 Å². The van der Waals surface area contributed by atoms with Crippen molar-refractivity contribution < 1.29 is 5.11 Å². The van der Waals surface area contributed by atoms with E-state index in [0.29, 0.717) is 11.8 Å². The second-order valence-corrected chi connectivity index (χ2v) is 6.62. The number of hydrogen-bond acceptors (Lipinski definition) is 1. The predicted octanol–water partition coefficient (Wildman–Crippen LogP) is 5.17. The van der Waals surface area contributed by atoms with E-state index >= 15 is 0 Å². The van der Waals surface area contributed by atoms with Crippen molar-refractivity contribution in [2.75, 3.05) is 0 Å². The molecule has 1 saturated carbocycles. The molecule has 0 saturated heterocycles. The minimum Gasteiger partial charge on any atom is -0.393 e. The van der Waals surface area contributed by atoms with Crippen LogP contribution in [0.2, 0.25) is 0 Å². The highest BCUT2D eigenvalue weighted by Crippen LogP contribution is 2.35. The lowest BCUT2D eigenvalue weighted by atomic mass is 9.76. The first-order valence-electron chi connectivity index (χ1n) is 8.35. The molecule has 0 aromatic heterocycles. The molecule has 2 unspecified atom stereocenters. The first-order chi connectivity index (χ1) is 8.67. The molecule has 0 heterocycles. The van der Waals surface area contributed by atoms with Crippen LogP contribution in [0.1, 0.15) is 85.0 Å². The third-order valence-corrected chi connectivity index (χ3v) is 4.83. The SMILES string of the molecule is CCCCC1CCC(C(O)CC(C)CCC)CC1. The molecular weight excluding hydrogens is 220 g/mol. The Bertz CT molecular complexity index is 194. The van der Waals surface area contributed by atoms with Gasteiger partial charge in [-0.05, 0) is 37.0 Å². The number of unbranched alkanes of at least 4 members (excludes halogenated alkanes) is 1. The normalized spacial score (nSPS) is 28.0. The van der Waals surface area contributed by atoms with Gasteiger partial charge < -0.3 is 5.11 Å². The zero-order valence-electron chi connectivity index (χ0n) is 12.8. The van der Waals surface area contributed by atoms with Gasteiger partial charge in [0.25, 0.3) is 0 Å². The quantitative estimate of drug-likeness (QED) is 0.633. The minimum absolute atomic E-state index is 0.0290. The standard InChI is InChI=1S/C17H34O/c1-4-6-8-15-9-11-16(12-10-15)17(18)13-14(3)7-5-2/h14-18H,4-13H2,1-3H3. The Morgan fingerprint density at radius 2 is 1.72 bits per heavy atom. The van der Waals surface area contributed by atoms with Crippen molar-refractivity contribution in [2.45, 2.75) is 91.1 Å². The number of hydrogen-bond donors (Lipinski definition) is 1. The first-order valence-corrected chi connectivity index (χ1v) is 8.35. The molecule has 1 heteroatoms. The zero-order valence-corrected chi connectivity index (χ0v) is 12.8. The highest BCUT2D eigenvalue weighted by atomic mass is 16.3. The Hall–Kier alpha value is -0.0400. The summed E-state index contributed by atoms with van der Waals surface area (Å²) in [6.07, 6.45) is 12.9. The molecule has 1 fully saturated rings. The number of aliphatic hydroxyl groups is 1. The molecule has 1 N–H and O–H groups in total. The van der Waals surface area contributed by atoms with Crippen molar-refractivity contribution in [3.63, 3.8) is 0 Å². The van der Waals surface area contributed by atoms with E-state index in [-0.39, 0.29) is 6.10 Å². The lowest BCUT2D eigenvalue weighted by Gasteiger charge is -2.32. The second-order valence-electron chi connectivity index (χ2n) is 6.62. The van der Waals surface area contributed by atoms with E-state index in [2.05, 4.69) is 20.8 Å². The topological polar surface area (TPSA) is 20.2 Å². The minimum atomic E-state index is -0.0290. The monoisotopic (exact) mass is 254 g/mol. The Labute approximate surface area is 114 Å². The Balaban J connectivity index is 2.20. The predicted molar refractivity (Wildman–Crippen MR) is 79.7 cm³/mol. The van der Waals surface area contributed by atoms with Gasteiger partial charge in [0.15, 0.2) is 0 Å². The second kappa shape index (κ2) is 8.96. The highest BCUT2D eigenvalue weighted by Gasteiger charge is 2.26. The summed E-state index contributed by atoms with van der Waals surface area (Å²) in [5.41, 5.74) is 0. The summed E-state index contributed by atoms with van der Waals surface area (Å²) in [5.74, 6) is 2.26. The Kier molecular flexibility index (Phi) is 7.97. The van der Waals surface area contributed by atoms with Crippen molar-refractivity contribution in [3.8, 4) is 0 Å². The van der Waals surface area contributed by atoms with Crippen LogP contribution in [0.4, 0.5) is 0 Å². The molecule has 1 nitrogen and oxygen atoms in total. The summed E-state index contributed by atoms with van der Waals surface area (Å²) >= 11 is 0. The molecule has 0 aromatic rings. The third-order valence-electron chi connectivity index (χ3n) is 4.83. The molecule has 0 amide bonds. The fraction of sp³-hybridized carbons (Fsp3) is 1.00. The third kappa shape index (κ3) is 5.73. The van der Waals surface area contributed by atoms with Gasteiger partial charge in [0.1, 0.15) is 0 Å². The average molecular weight is 254 g/mol. The van der Waals surface area contributed by atoms with Crippen molar-refractivity contribution in [3.05, 3.63) is 0 Å². The van der Waals surface area contributed by atoms with E-state index in [1.807, 2.05) is 0 Å². The van der Waals surface area contributed by atoms with E-state index in [1.165, 1.54) is 57.8 Å². The summed E-state index contributed by atoms with van der Waals surface area (Å²) in [6, 6.07) is 0. The lowest BCUT2D eigenvalue weighted by molar-refractivity contribution is 0.0530. The van der Waals surface area contributed by atoms with Crippen LogP contribution >= 0.6 is 0 Å². The van der Waals surface area contributed by atoms with Gasteiger partial charge in [-0.3, -0.25) is 0 Å². The first kappa shape index (κ1) is 16.0. The maximum absolute atomic E-state index is 10.3. The molecular formula is C17H34O. The van der Waals surface area contributed by atoms with Gasteiger partial charge >= 0.3 is 0 Å². The summed E-state index contributed by atoms with van der Waals surface area (Å²) in [6.45, 7) is 6.81. The fourth-order valence-electron chi connectivity index (χ4n) is 3.57. The molecule has 0 bridgehead atoms. The molecule has 0 spiro atoms. The van der Waals surface area contributed by atoms with Crippen LogP contribution in [0.5, 0.6) is 0 Å². The molecule has 108 valence electrons. The van der Waals surface area contributed by atoms with Gasteiger partial charge in [0, 0.05) is 0 Å². The Morgan fingerprint density at radius 3 is 2.28 bits per heavy atom.